The lowest BCUT2D eigenvalue weighted by Crippen LogP contribution is -2.05. The fourth-order valence-electron chi connectivity index (χ4n) is 2.10. The molecule has 0 amide bonds. The van der Waals surface area contributed by atoms with Crippen LogP contribution in [-0.4, -0.2) is 25.5 Å². The first-order valence-electron chi connectivity index (χ1n) is 7.36. The van der Waals surface area contributed by atoms with E-state index in [9.17, 15) is 9.59 Å². The smallest absolute Gasteiger partial charge is 0.305 e. The third-order valence-corrected chi connectivity index (χ3v) is 3.27. The maximum absolute atomic E-state index is 12.2. The fourth-order valence-corrected chi connectivity index (χ4v) is 2.10. The highest BCUT2D eigenvalue weighted by atomic mass is 16.5. The number of Topliss-reactive ketones (excluding diaryl/α,β-unsaturated/α-hetero) is 1. The number of rotatable bonds is 8. The molecule has 1 aromatic rings. The van der Waals surface area contributed by atoms with Gasteiger partial charge >= 0.3 is 5.97 Å². The molecule has 0 fully saturated rings. The van der Waals surface area contributed by atoms with Crippen molar-refractivity contribution in [3.05, 3.63) is 29.3 Å². The predicted molar refractivity (Wildman–Crippen MR) is 81.9 cm³/mol. The van der Waals surface area contributed by atoms with Crippen LogP contribution in [0.1, 0.15) is 61.9 Å². The molecule has 0 aliphatic carbocycles. The number of carbonyl (C=O) groups is 2. The number of carbonyl (C=O) groups excluding carboxylic acids is 2. The molecular weight excluding hydrogens is 268 g/mol. The van der Waals surface area contributed by atoms with E-state index >= 15 is 0 Å². The average Bonchev–Trinajstić information content (AvgIpc) is 2.47. The Morgan fingerprint density at radius 1 is 1.19 bits per heavy atom. The summed E-state index contributed by atoms with van der Waals surface area (Å²) in [7, 11) is 1.35. The Balaban J connectivity index is 2.76. The SMILES string of the molecule is CCOc1ccc(C(=O)CCCC(=O)OC)cc1C(C)C. The molecule has 0 spiro atoms. The number of hydrogen-bond acceptors (Lipinski definition) is 4. The molecular formula is C17H24O4. The highest BCUT2D eigenvalue weighted by Gasteiger charge is 2.13. The van der Waals surface area contributed by atoms with Crippen molar-refractivity contribution in [2.75, 3.05) is 13.7 Å². The highest BCUT2D eigenvalue weighted by molar-refractivity contribution is 5.96. The molecule has 1 rings (SSSR count). The Labute approximate surface area is 126 Å². The Morgan fingerprint density at radius 2 is 1.90 bits per heavy atom. The lowest BCUT2D eigenvalue weighted by molar-refractivity contribution is -0.140. The van der Waals surface area contributed by atoms with Crippen molar-refractivity contribution in [1.29, 1.82) is 0 Å². The molecule has 0 heterocycles. The van der Waals surface area contributed by atoms with Crippen molar-refractivity contribution in [3.8, 4) is 5.75 Å². The van der Waals surface area contributed by atoms with Crippen LogP contribution in [0.25, 0.3) is 0 Å². The van der Waals surface area contributed by atoms with Crippen molar-refractivity contribution >= 4 is 11.8 Å². The van der Waals surface area contributed by atoms with Gasteiger partial charge in [0.2, 0.25) is 0 Å². The normalized spacial score (nSPS) is 10.5. The number of hydrogen-bond donors (Lipinski definition) is 0. The molecule has 0 aliphatic rings. The summed E-state index contributed by atoms with van der Waals surface area (Å²) in [6.07, 6.45) is 1.13. The molecule has 116 valence electrons. The van der Waals surface area contributed by atoms with Crippen LogP contribution in [0.2, 0.25) is 0 Å². The number of ether oxygens (including phenoxy) is 2. The van der Waals surface area contributed by atoms with E-state index in [1.807, 2.05) is 19.1 Å². The molecule has 0 aromatic heterocycles. The van der Waals surface area contributed by atoms with Gasteiger partial charge in [-0.3, -0.25) is 9.59 Å². The number of esters is 1. The molecule has 0 atom stereocenters. The summed E-state index contributed by atoms with van der Waals surface area (Å²) in [4.78, 5) is 23.2. The summed E-state index contributed by atoms with van der Waals surface area (Å²) < 4.78 is 10.2. The molecule has 0 saturated carbocycles. The van der Waals surface area contributed by atoms with Crippen molar-refractivity contribution in [3.63, 3.8) is 0 Å². The van der Waals surface area contributed by atoms with E-state index in [0.717, 1.165) is 11.3 Å². The first kappa shape index (κ1) is 17.2. The van der Waals surface area contributed by atoms with Gasteiger partial charge in [-0.25, -0.2) is 0 Å². The number of ketones is 1. The Morgan fingerprint density at radius 3 is 2.48 bits per heavy atom. The number of benzene rings is 1. The summed E-state index contributed by atoms with van der Waals surface area (Å²) in [6.45, 7) is 6.69. The van der Waals surface area contributed by atoms with Crippen LogP contribution < -0.4 is 4.74 Å². The van der Waals surface area contributed by atoms with E-state index in [-0.39, 0.29) is 24.1 Å². The summed E-state index contributed by atoms with van der Waals surface area (Å²) in [5.41, 5.74) is 1.71. The van der Waals surface area contributed by atoms with Crippen LogP contribution in [0.15, 0.2) is 18.2 Å². The van der Waals surface area contributed by atoms with Crippen molar-refractivity contribution in [2.24, 2.45) is 0 Å². The first-order chi connectivity index (χ1) is 9.99. The molecule has 0 unspecified atom stereocenters. The molecule has 1 aromatic carbocycles. The fraction of sp³-hybridized carbons (Fsp3) is 0.529. The average molecular weight is 292 g/mol. The van der Waals surface area contributed by atoms with Gasteiger partial charge in [-0.05, 0) is 43.0 Å². The van der Waals surface area contributed by atoms with Crippen LogP contribution in [0.3, 0.4) is 0 Å². The zero-order chi connectivity index (χ0) is 15.8. The number of methoxy groups -OCH3 is 1. The molecule has 4 heteroatoms. The van der Waals surface area contributed by atoms with Gasteiger partial charge in [0.05, 0.1) is 13.7 Å². The summed E-state index contributed by atoms with van der Waals surface area (Å²) >= 11 is 0. The Hall–Kier alpha value is -1.84. The molecule has 0 N–H and O–H groups in total. The lowest BCUT2D eigenvalue weighted by atomic mass is 9.96. The molecule has 0 aliphatic heterocycles. The predicted octanol–water partition coefficient (Wildman–Crippen LogP) is 3.73. The molecule has 0 saturated heterocycles. The monoisotopic (exact) mass is 292 g/mol. The summed E-state index contributed by atoms with van der Waals surface area (Å²) in [6, 6.07) is 5.54. The van der Waals surface area contributed by atoms with Gasteiger partial charge < -0.3 is 9.47 Å². The maximum atomic E-state index is 12.2. The van der Waals surface area contributed by atoms with Gasteiger partial charge in [0.1, 0.15) is 5.75 Å². The molecule has 0 radical (unpaired) electrons. The second kappa shape index (κ2) is 8.45. The molecule has 0 bridgehead atoms. The first-order valence-corrected chi connectivity index (χ1v) is 7.36. The third-order valence-electron chi connectivity index (χ3n) is 3.27. The van der Waals surface area contributed by atoms with E-state index in [1.165, 1.54) is 7.11 Å². The summed E-state index contributed by atoms with van der Waals surface area (Å²) in [5, 5.41) is 0. The van der Waals surface area contributed by atoms with E-state index in [4.69, 9.17) is 4.74 Å². The topological polar surface area (TPSA) is 52.6 Å². The zero-order valence-corrected chi connectivity index (χ0v) is 13.3. The van der Waals surface area contributed by atoms with E-state index < -0.39 is 0 Å². The lowest BCUT2D eigenvalue weighted by Gasteiger charge is -2.14. The van der Waals surface area contributed by atoms with Gasteiger partial charge in [0, 0.05) is 18.4 Å². The van der Waals surface area contributed by atoms with Gasteiger partial charge in [0.25, 0.3) is 0 Å². The van der Waals surface area contributed by atoms with Gasteiger partial charge in [-0.2, -0.15) is 0 Å². The highest BCUT2D eigenvalue weighted by Crippen LogP contribution is 2.28. The second-order valence-electron chi connectivity index (χ2n) is 5.19. The van der Waals surface area contributed by atoms with Gasteiger partial charge in [-0.1, -0.05) is 13.8 Å². The minimum absolute atomic E-state index is 0.0452. The third kappa shape index (κ3) is 5.21. The second-order valence-corrected chi connectivity index (χ2v) is 5.19. The van der Waals surface area contributed by atoms with Crippen molar-refractivity contribution in [2.45, 2.75) is 46.0 Å². The van der Waals surface area contributed by atoms with Crippen LogP contribution in [0.4, 0.5) is 0 Å². The van der Waals surface area contributed by atoms with Crippen LogP contribution >= 0.6 is 0 Å². The van der Waals surface area contributed by atoms with Crippen LogP contribution in [-0.2, 0) is 9.53 Å². The van der Waals surface area contributed by atoms with Crippen LogP contribution in [0, 0.1) is 0 Å². The summed E-state index contributed by atoms with van der Waals surface area (Å²) in [5.74, 6) is 0.884. The Kier molecular flexibility index (Phi) is 6.92. The minimum Gasteiger partial charge on any atom is -0.494 e. The van der Waals surface area contributed by atoms with E-state index in [1.54, 1.807) is 6.07 Å². The van der Waals surface area contributed by atoms with Crippen molar-refractivity contribution < 1.29 is 19.1 Å². The Bertz CT molecular complexity index is 492. The van der Waals surface area contributed by atoms with E-state index in [0.29, 0.717) is 25.0 Å². The van der Waals surface area contributed by atoms with E-state index in [2.05, 4.69) is 18.6 Å². The van der Waals surface area contributed by atoms with Crippen molar-refractivity contribution in [1.82, 2.24) is 0 Å². The maximum Gasteiger partial charge on any atom is 0.305 e. The zero-order valence-electron chi connectivity index (χ0n) is 13.3. The molecule has 4 nitrogen and oxygen atoms in total. The standard InChI is InChI=1S/C17H24O4/c1-5-21-16-10-9-13(11-14(16)12(2)3)15(18)7-6-8-17(19)20-4/h9-12H,5-8H2,1-4H3. The van der Waals surface area contributed by atoms with Crippen LogP contribution in [0.5, 0.6) is 5.75 Å². The minimum atomic E-state index is -0.280. The largest absolute Gasteiger partial charge is 0.494 e. The quantitative estimate of drug-likeness (QED) is 0.541. The van der Waals surface area contributed by atoms with Gasteiger partial charge in [-0.15, -0.1) is 0 Å². The van der Waals surface area contributed by atoms with Gasteiger partial charge in [0.15, 0.2) is 5.78 Å². The molecule has 21 heavy (non-hydrogen) atoms.